The van der Waals surface area contributed by atoms with Gasteiger partial charge in [0.1, 0.15) is 6.04 Å². The lowest BCUT2D eigenvalue weighted by molar-refractivity contribution is -0.145. The molecule has 2 rings (SSSR count). The molecule has 0 unspecified atom stereocenters. The Morgan fingerprint density at radius 1 is 1.23 bits per heavy atom. The summed E-state index contributed by atoms with van der Waals surface area (Å²) >= 11 is 3.22. The lowest BCUT2D eigenvalue weighted by atomic mass is 10.2. The smallest absolute Gasteiger partial charge is 0.323 e. The molecular weight excluding hydrogens is 376 g/mol. The highest BCUT2D eigenvalue weighted by molar-refractivity contribution is 9.10. The van der Waals surface area contributed by atoms with Crippen LogP contribution in [0.3, 0.4) is 0 Å². The van der Waals surface area contributed by atoms with E-state index in [0.29, 0.717) is 0 Å². The van der Waals surface area contributed by atoms with Crippen LogP contribution in [0, 0.1) is 0 Å². The van der Waals surface area contributed by atoms with Crippen molar-refractivity contribution >= 4 is 37.8 Å². The minimum Gasteiger partial charge on any atom is -0.480 e. The molecule has 1 saturated heterocycles. The number of carbonyl (C=O) groups is 2. The molecule has 0 saturated carbocycles. The lowest BCUT2D eigenvalue weighted by Crippen LogP contribution is -2.58. The van der Waals surface area contributed by atoms with Crippen LogP contribution in [0.2, 0.25) is 0 Å². The SMILES string of the molecule is CC(=O)N1CCN(S(=O)(=O)c2ccc(Br)cc2)[C@@H](C(=O)O)C1. The molecule has 9 heteroatoms. The third kappa shape index (κ3) is 3.31. The quantitative estimate of drug-likeness (QED) is 0.821. The fourth-order valence-electron chi connectivity index (χ4n) is 2.28. The summed E-state index contributed by atoms with van der Waals surface area (Å²) in [5, 5.41) is 9.31. The van der Waals surface area contributed by atoms with Crippen LogP contribution < -0.4 is 0 Å². The number of carbonyl (C=O) groups excluding carboxylic acids is 1. The highest BCUT2D eigenvalue weighted by Gasteiger charge is 2.40. The van der Waals surface area contributed by atoms with E-state index in [4.69, 9.17) is 0 Å². The first-order chi connectivity index (χ1) is 10.2. The van der Waals surface area contributed by atoms with Gasteiger partial charge in [-0.05, 0) is 24.3 Å². The predicted octanol–water partition coefficient (Wildman–Crippen LogP) is 0.755. The number of sulfonamides is 1. The monoisotopic (exact) mass is 390 g/mol. The average molecular weight is 391 g/mol. The summed E-state index contributed by atoms with van der Waals surface area (Å²) in [5.74, 6) is -1.54. The highest BCUT2D eigenvalue weighted by atomic mass is 79.9. The minimum atomic E-state index is -3.93. The summed E-state index contributed by atoms with van der Waals surface area (Å²) in [6.45, 7) is 1.31. The number of hydrogen-bond donors (Lipinski definition) is 1. The first-order valence-corrected chi connectivity index (χ1v) is 8.72. The first kappa shape index (κ1) is 16.9. The summed E-state index contributed by atoms with van der Waals surface area (Å²) in [5.41, 5.74) is 0. The van der Waals surface area contributed by atoms with Gasteiger partial charge in [0.15, 0.2) is 0 Å². The summed E-state index contributed by atoms with van der Waals surface area (Å²) < 4.78 is 26.9. The van der Waals surface area contributed by atoms with Crippen LogP contribution >= 0.6 is 15.9 Å². The Morgan fingerprint density at radius 3 is 2.32 bits per heavy atom. The Hall–Kier alpha value is -1.45. The van der Waals surface area contributed by atoms with E-state index < -0.39 is 22.0 Å². The van der Waals surface area contributed by atoms with Crippen LogP contribution in [0.5, 0.6) is 0 Å². The van der Waals surface area contributed by atoms with Gasteiger partial charge in [-0.2, -0.15) is 4.31 Å². The Morgan fingerprint density at radius 2 is 1.82 bits per heavy atom. The van der Waals surface area contributed by atoms with E-state index in [2.05, 4.69) is 15.9 Å². The maximum absolute atomic E-state index is 12.6. The van der Waals surface area contributed by atoms with Crippen molar-refractivity contribution < 1.29 is 23.1 Å². The standard InChI is InChI=1S/C13H15BrN2O5S/c1-9(17)15-6-7-16(12(8-15)13(18)19)22(20,21)11-4-2-10(14)3-5-11/h2-5,12H,6-8H2,1H3,(H,18,19)/t12-/m1/s1. The Kier molecular flexibility index (Phi) is 4.88. The largest absolute Gasteiger partial charge is 0.480 e. The number of halogens is 1. The van der Waals surface area contributed by atoms with Crippen molar-refractivity contribution in [2.45, 2.75) is 17.9 Å². The maximum atomic E-state index is 12.6. The zero-order chi connectivity index (χ0) is 16.5. The second-order valence-electron chi connectivity index (χ2n) is 4.89. The number of amides is 1. The van der Waals surface area contributed by atoms with Gasteiger partial charge in [-0.15, -0.1) is 0 Å². The molecule has 1 atom stereocenters. The normalized spacial score (nSPS) is 19.9. The topological polar surface area (TPSA) is 95.0 Å². The van der Waals surface area contributed by atoms with E-state index in [0.717, 1.165) is 8.78 Å². The first-order valence-electron chi connectivity index (χ1n) is 6.49. The molecular formula is C13H15BrN2O5S. The Bertz CT molecular complexity index is 689. The minimum absolute atomic E-state index is 0.0261. The van der Waals surface area contributed by atoms with E-state index in [1.165, 1.54) is 24.0 Å². The van der Waals surface area contributed by atoms with Gasteiger partial charge in [-0.25, -0.2) is 8.42 Å². The number of carboxylic acids is 1. The molecule has 1 aromatic rings. The molecule has 7 nitrogen and oxygen atoms in total. The number of rotatable bonds is 3. The number of carboxylic acid groups (broad SMARTS) is 1. The van der Waals surface area contributed by atoms with Crippen LogP contribution in [-0.4, -0.2) is 60.3 Å². The van der Waals surface area contributed by atoms with Crippen LogP contribution in [0.25, 0.3) is 0 Å². The third-order valence-corrected chi connectivity index (χ3v) is 5.93. The molecule has 0 bridgehead atoms. The second-order valence-corrected chi connectivity index (χ2v) is 7.69. The van der Waals surface area contributed by atoms with Crippen molar-refractivity contribution in [3.63, 3.8) is 0 Å². The zero-order valence-corrected chi connectivity index (χ0v) is 14.2. The van der Waals surface area contributed by atoms with Crippen molar-refractivity contribution in [3.8, 4) is 0 Å². The zero-order valence-electron chi connectivity index (χ0n) is 11.8. The molecule has 120 valence electrons. The fraction of sp³-hybridized carbons (Fsp3) is 0.385. The molecule has 1 aliphatic heterocycles. The summed E-state index contributed by atoms with van der Waals surface area (Å²) in [6, 6.07) is 4.69. The van der Waals surface area contributed by atoms with Gasteiger partial charge in [0.05, 0.1) is 4.90 Å². The van der Waals surface area contributed by atoms with Gasteiger partial charge in [-0.1, -0.05) is 15.9 Å². The number of aliphatic carboxylic acids is 1. The molecule has 1 aliphatic rings. The van der Waals surface area contributed by atoms with Gasteiger partial charge >= 0.3 is 5.97 Å². The molecule has 22 heavy (non-hydrogen) atoms. The van der Waals surface area contributed by atoms with Gasteiger partial charge in [0, 0.05) is 31.0 Å². The van der Waals surface area contributed by atoms with Crippen molar-refractivity contribution in [3.05, 3.63) is 28.7 Å². The summed E-state index contributed by atoms with van der Waals surface area (Å²) in [7, 11) is -3.93. The third-order valence-electron chi connectivity index (χ3n) is 3.48. The van der Waals surface area contributed by atoms with E-state index in [1.807, 2.05) is 0 Å². The van der Waals surface area contributed by atoms with Crippen molar-refractivity contribution in [2.24, 2.45) is 0 Å². The van der Waals surface area contributed by atoms with Gasteiger partial charge in [0.25, 0.3) is 0 Å². The summed E-state index contributed by atoms with van der Waals surface area (Å²) in [4.78, 5) is 24.2. The molecule has 1 N–H and O–H groups in total. The highest BCUT2D eigenvalue weighted by Crippen LogP contribution is 2.23. The molecule has 1 aromatic carbocycles. The van der Waals surface area contributed by atoms with Crippen molar-refractivity contribution in [2.75, 3.05) is 19.6 Å². The van der Waals surface area contributed by atoms with E-state index in [9.17, 15) is 23.1 Å². The molecule has 0 aliphatic carbocycles. The number of hydrogen-bond acceptors (Lipinski definition) is 4. The van der Waals surface area contributed by atoms with E-state index in [1.54, 1.807) is 12.1 Å². The molecule has 0 spiro atoms. The second kappa shape index (κ2) is 6.35. The van der Waals surface area contributed by atoms with Gasteiger partial charge in [0.2, 0.25) is 15.9 Å². The van der Waals surface area contributed by atoms with Crippen LogP contribution in [-0.2, 0) is 19.6 Å². The molecule has 0 radical (unpaired) electrons. The van der Waals surface area contributed by atoms with Gasteiger partial charge < -0.3 is 10.0 Å². The Balaban J connectivity index is 2.35. The van der Waals surface area contributed by atoms with E-state index >= 15 is 0 Å². The van der Waals surface area contributed by atoms with E-state index in [-0.39, 0.29) is 30.4 Å². The van der Waals surface area contributed by atoms with Crippen LogP contribution in [0.4, 0.5) is 0 Å². The number of nitrogens with zero attached hydrogens (tertiary/aromatic N) is 2. The number of piperazine rings is 1. The predicted molar refractivity (Wildman–Crippen MR) is 81.7 cm³/mol. The molecule has 1 amide bonds. The average Bonchev–Trinajstić information content (AvgIpc) is 2.46. The molecule has 1 heterocycles. The van der Waals surface area contributed by atoms with Crippen molar-refractivity contribution in [1.82, 2.24) is 9.21 Å². The lowest BCUT2D eigenvalue weighted by Gasteiger charge is -2.37. The van der Waals surface area contributed by atoms with Crippen molar-refractivity contribution in [1.29, 1.82) is 0 Å². The molecule has 0 aromatic heterocycles. The van der Waals surface area contributed by atoms with Crippen LogP contribution in [0.1, 0.15) is 6.92 Å². The Labute approximate surface area is 136 Å². The number of benzene rings is 1. The fourth-order valence-corrected chi connectivity index (χ4v) is 4.11. The van der Waals surface area contributed by atoms with Gasteiger partial charge in [-0.3, -0.25) is 9.59 Å². The summed E-state index contributed by atoms with van der Waals surface area (Å²) in [6.07, 6.45) is 0. The van der Waals surface area contributed by atoms with Crippen LogP contribution in [0.15, 0.2) is 33.6 Å². The maximum Gasteiger partial charge on any atom is 0.323 e. The molecule has 1 fully saturated rings.